The lowest BCUT2D eigenvalue weighted by Crippen LogP contribution is -2.38. The molecular formula is C9H14O2. The number of hydrogen-bond donors (Lipinski definition) is 1. The van der Waals surface area contributed by atoms with E-state index in [0.29, 0.717) is 5.78 Å². The number of aliphatic hydroxyl groups is 1. The number of rotatable bonds is 0. The third-order valence-corrected chi connectivity index (χ3v) is 3.02. The lowest BCUT2D eigenvalue weighted by molar-refractivity contribution is -0.135. The molecule has 0 amide bonds. The second kappa shape index (κ2) is 2.59. The number of hydrogen-bond acceptors (Lipinski definition) is 2. The Balaban J connectivity index is 2.13. The molecule has 0 saturated heterocycles. The topological polar surface area (TPSA) is 37.3 Å². The molecule has 0 aliphatic heterocycles. The molecule has 1 N–H and O–H groups in total. The van der Waals surface area contributed by atoms with Crippen LogP contribution in [0.5, 0.6) is 0 Å². The zero-order valence-electron chi connectivity index (χ0n) is 6.62. The van der Waals surface area contributed by atoms with Crippen molar-refractivity contribution in [2.75, 3.05) is 0 Å². The van der Waals surface area contributed by atoms with E-state index in [9.17, 15) is 9.90 Å². The molecule has 0 radical (unpaired) electrons. The highest BCUT2D eigenvalue weighted by Crippen LogP contribution is 2.36. The molecule has 2 saturated carbocycles. The minimum absolute atomic E-state index is 0.192. The van der Waals surface area contributed by atoms with E-state index in [-0.39, 0.29) is 17.9 Å². The molecule has 2 heteroatoms. The number of Topliss-reactive ketones (excluding diaryl/α,β-unsaturated/α-hetero) is 1. The zero-order valence-corrected chi connectivity index (χ0v) is 6.62. The molecular weight excluding hydrogens is 140 g/mol. The molecule has 2 nitrogen and oxygen atoms in total. The zero-order chi connectivity index (χ0) is 7.84. The largest absolute Gasteiger partial charge is 0.393 e. The van der Waals surface area contributed by atoms with Gasteiger partial charge in [0.1, 0.15) is 5.78 Å². The summed E-state index contributed by atoms with van der Waals surface area (Å²) in [6, 6.07) is 0. The van der Waals surface area contributed by atoms with E-state index in [0.717, 1.165) is 25.7 Å². The summed E-state index contributed by atoms with van der Waals surface area (Å²) < 4.78 is 0. The molecule has 2 aliphatic carbocycles. The van der Waals surface area contributed by atoms with Crippen LogP contribution in [0.3, 0.4) is 0 Å². The molecule has 62 valence electrons. The summed E-state index contributed by atoms with van der Waals surface area (Å²) >= 11 is 0. The fraction of sp³-hybridized carbons (Fsp3) is 0.889. The lowest BCUT2D eigenvalue weighted by Gasteiger charge is -2.35. The van der Waals surface area contributed by atoms with E-state index in [2.05, 4.69) is 0 Å². The Morgan fingerprint density at radius 3 is 2.27 bits per heavy atom. The van der Waals surface area contributed by atoms with Gasteiger partial charge in [0.15, 0.2) is 0 Å². The van der Waals surface area contributed by atoms with Gasteiger partial charge in [-0.05, 0) is 25.7 Å². The molecule has 0 aromatic rings. The van der Waals surface area contributed by atoms with Crippen molar-refractivity contribution in [3.8, 4) is 0 Å². The number of carbonyl (C=O) groups is 1. The predicted molar refractivity (Wildman–Crippen MR) is 41.1 cm³/mol. The van der Waals surface area contributed by atoms with E-state index in [4.69, 9.17) is 0 Å². The van der Waals surface area contributed by atoms with Crippen molar-refractivity contribution < 1.29 is 9.90 Å². The maximum atomic E-state index is 11.4. The van der Waals surface area contributed by atoms with Crippen molar-refractivity contribution in [3.63, 3.8) is 0 Å². The highest BCUT2D eigenvalue weighted by molar-refractivity contribution is 5.84. The van der Waals surface area contributed by atoms with Crippen molar-refractivity contribution in [3.05, 3.63) is 0 Å². The van der Waals surface area contributed by atoms with Gasteiger partial charge in [-0.15, -0.1) is 0 Å². The Kier molecular flexibility index (Phi) is 1.72. The van der Waals surface area contributed by atoms with Crippen molar-refractivity contribution in [2.24, 2.45) is 11.8 Å². The quantitative estimate of drug-likeness (QED) is 0.568. The van der Waals surface area contributed by atoms with Gasteiger partial charge in [0.05, 0.1) is 6.10 Å². The number of ketones is 1. The third kappa shape index (κ3) is 1.20. The van der Waals surface area contributed by atoms with Crippen LogP contribution in [-0.2, 0) is 4.79 Å². The molecule has 0 aromatic carbocycles. The van der Waals surface area contributed by atoms with E-state index in [1.165, 1.54) is 6.42 Å². The molecule has 2 fully saturated rings. The van der Waals surface area contributed by atoms with E-state index in [1.807, 2.05) is 0 Å². The van der Waals surface area contributed by atoms with E-state index < -0.39 is 0 Å². The van der Waals surface area contributed by atoms with Gasteiger partial charge in [-0.1, -0.05) is 6.42 Å². The first-order chi connectivity index (χ1) is 5.27. The molecule has 2 aliphatic rings. The van der Waals surface area contributed by atoms with Crippen molar-refractivity contribution in [2.45, 2.75) is 38.2 Å². The Morgan fingerprint density at radius 1 is 1.18 bits per heavy atom. The Bertz CT molecular complexity index is 160. The standard InChI is InChI=1S/C9H14O2/c10-8-4-6-2-1-3-7(5-8)9(6)11/h6-8,10H,1-5H2. The molecule has 11 heavy (non-hydrogen) atoms. The van der Waals surface area contributed by atoms with Crippen LogP contribution < -0.4 is 0 Å². The Hall–Kier alpha value is -0.370. The van der Waals surface area contributed by atoms with Gasteiger partial charge in [-0.25, -0.2) is 0 Å². The maximum absolute atomic E-state index is 11.4. The first-order valence-corrected chi connectivity index (χ1v) is 4.49. The van der Waals surface area contributed by atoms with Crippen LogP contribution in [0.15, 0.2) is 0 Å². The normalized spacial score (nSPS) is 44.1. The summed E-state index contributed by atoms with van der Waals surface area (Å²) in [6.07, 6.45) is 4.50. The molecule has 0 aromatic heterocycles. The molecule has 2 bridgehead atoms. The monoisotopic (exact) mass is 154 g/mol. The van der Waals surface area contributed by atoms with E-state index in [1.54, 1.807) is 0 Å². The second-order valence-corrected chi connectivity index (χ2v) is 3.85. The van der Waals surface area contributed by atoms with Gasteiger partial charge < -0.3 is 5.11 Å². The summed E-state index contributed by atoms with van der Waals surface area (Å²) in [7, 11) is 0. The average Bonchev–Trinajstić information content (AvgIpc) is 1.92. The van der Waals surface area contributed by atoms with E-state index >= 15 is 0 Å². The van der Waals surface area contributed by atoms with Gasteiger partial charge in [-0.3, -0.25) is 4.79 Å². The smallest absolute Gasteiger partial charge is 0.139 e. The highest BCUT2D eigenvalue weighted by Gasteiger charge is 2.37. The fourth-order valence-electron chi connectivity index (χ4n) is 2.45. The summed E-state index contributed by atoms with van der Waals surface area (Å²) in [5.74, 6) is 0.844. The first kappa shape index (κ1) is 7.29. The van der Waals surface area contributed by atoms with Gasteiger partial charge in [-0.2, -0.15) is 0 Å². The minimum Gasteiger partial charge on any atom is -0.393 e. The third-order valence-electron chi connectivity index (χ3n) is 3.02. The van der Waals surface area contributed by atoms with Crippen molar-refractivity contribution in [1.29, 1.82) is 0 Å². The first-order valence-electron chi connectivity index (χ1n) is 4.49. The molecule has 2 unspecified atom stereocenters. The van der Waals surface area contributed by atoms with Gasteiger partial charge in [0, 0.05) is 11.8 Å². The molecule has 2 rings (SSSR count). The maximum Gasteiger partial charge on any atom is 0.139 e. The fourth-order valence-corrected chi connectivity index (χ4v) is 2.45. The summed E-state index contributed by atoms with van der Waals surface area (Å²) in [5, 5.41) is 9.38. The van der Waals surface area contributed by atoms with Crippen LogP contribution in [0.2, 0.25) is 0 Å². The number of carbonyl (C=O) groups excluding carboxylic acids is 1. The Labute approximate surface area is 66.6 Å². The predicted octanol–water partition coefficient (Wildman–Crippen LogP) is 1.13. The van der Waals surface area contributed by atoms with Gasteiger partial charge in [0.25, 0.3) is 0 Å². The van der Waals surface area contributed by atoms with Crippen LogP contribution in [0, 0.1) is 11.8 Å². The second-order valence-electron chi connectivity index (χ2n) is 3.85. The van der Waals surface area contributed by atoms with Crippen LogP contribution >= 0.6 is 0 Å². The summed E-state index contributed by atoms with van der Waals surface area (Å²) in [4.78, 5) is 11.4. The molecule has 0 spiro atoms. The van der Waals surface area contributed by atoms with Crippen LogP contribution in [0.1, 0.15) is 32.1 Å². The molecule has 0 heterocycles. The number of aliphatic hydroxyl groups excluding tert-OH is 1. The van der Waals surface area contributed by atoms with Crippen molar-refractivity contribution >= 4 is 5.78 Å². The van der Waals surface area contributed by atoms with Crippen LogP contribution in [0.4, 0.5) is 0 Å². The number of fused-ring (bicyclic) bond motifs is 2. The summed E-state index contributed by atoms with van der Waals surface area (Å²) in [5.41, 5.74) is 0. The van der Waals surface area contributed by atoms with Crippen molar-refractivity contribution in [1.82, 2.24) is 0 Å². The minimum atomic E-state index is -0.192. The van der Waals surface area contributed by atoms with Crippen LogP contribution in [-0.4, -0.2) is 17.0 Å². The van der Waals surface area contributed by atoms with Crippen LogP contribution in [0.25, 0.3) is 0 Å². The Morgan fingerprint density at radius 2 is 1.73 bits per heavy atom. The SMILES string of the molecule is O=C1C2CCCC1CC(O)C2. The van der Waals surface area contributed by atoms with Gasteiger partial charge in [0.2, 0.25) is 0 Å². The average molecular weight is 154 g/mol. The summed E-state index contributed by atoms with van der Waals surface area (Å²) in [6.45, 7) is 0. The lowest BCUT2D eigenvalue weighted by atomic mass is 9.70. The van der Waals surface area contributed by atoms with Gasteiger partial charge >= 0.3 is 0 Å². The highest BCUT2D eigenvalue weighted by atomic mass is 16.3. The molecule has 2 atom stereocenters.